The number of hydrogen-bond acceptors (Lipinski definition) is 3. The van der Waals surface area contributed by atoms with Crippen LogP contribution >= 0.6 is 11.6 Å². The highest BCUT2D eigenvalue weighted by molar-refractivity contribution is 6.31. The van der Waals surface area contributed by atoms with E-state index in [1.807, 2.05) is 38.1 Å². The van der Waals surface area contributed by atoms with Crippen molar-refractivity contribution in [3.8, 4) is 5.75 Å². The largest absolute Gasteiger partial charge is 0.483 e. The van der Waals surface area contributed by atoms with Gasteiger partial charge in [0.1, 0.15) is 5.75 Å². The number of benzene rings is 2. The summed E-state index contributed by atoms with van der Waals surface area (Å²) in [6.07, 6.45) is 0.752. The van der Waals surface area contributed by atoms with Gasteiger partial charge in [0.05, 0.1) is 11.6 Å². The first kappa shape index (κ1) is 18.8. The average Bonchev–Trinajstić information content (AvgIpc) is 2.59. The molecule has 0 saturated heterocycles. The van der Waals surface area contributed by atoms with Gasteiger partial charge in [0.25, 0.3) is 11.8 Å². The minimum atomic E-state index is -0.663. The van der Waals surface area contributed by atoms with E-state index in [4.69, 9.17) is 22.1 Å². The Morgan fingerprint density at radius 2 is 1.88 bits per heavy atom. The first-order chi connectivity index (χ1) is 11.9. The summed E-state index contributed by atoms with van der Waals surface area (Å²) >= 11 is 5.85. The summed E-state index contributed by atoms with van der Waals surface area (Å²) in [4.78, 5) is 23.6. The molecule has 25 heavy (non-hydrogen) atoms. The molecule has 0 aliphatic rings. The standard InChI is InChI=1S/C19H21ClN2O3/c1-3-16(13-6-4-12(2)5-7-13)22-18(23)11-25-17-9-8-14(20)10-15(17)19(21)24/h4-10,16H,3,11H2,1-2H3,(H2,21,24)(H,22,23)/t16-/m1/s1. The zero-order valence-corrected chi connectivity index (χ0v) is 15.0. The molecule has 132 valence electrons. The monoisotopic (exact) mass is 360 g/mol. The second-order valence-electron chi connectivity index (χ2n) is 5.73. The molecule has 2 aromatic rings. The Balaban J connectivity index is 2.00. The Hall–Kier alpha value is -2.53. The number of amides is 2. The molecule has 0 saturated carbocycles. The molecule has 1 atom stereocenters. The molecule has 0 heterocycles. The number of halogens is 1. The van der Waals surface area contributed by atoms with Crippen LogP contribution in [0.1, 0.15) is 40.9 Å². The van der Waals surface area contributed by atoms with Gasteiger partial charge in [-0.1, -0.05) is 48.4 Å². The van der Waals surface area contributed by atoms with Crippen LogP contribution in [-0.2, 0) is 4.79 Å². The van der Waals surface area contributed by atoms with Crippen LogP contribution in [0.4, 0.5) is 0 Å². The normalized spacial score (nSPS) is 11.6. The molecule has 6 heteroatoms. The smallest absolute Gasteiger partial charge is 0.258 e. The Labute approximate surface area is 152 Å². The van der Waals surface area contributed by atoms with Crippen LogP contribution in [0.2, 0.25) is 5.02 Å². The van der Waals surface area contributed by atoms with Gasteiger partial charge in [-0.3, -0.25) is 9.59 Å². The van der Waals surface area contributed by atoms with E-state index in [1.54, 1.807) is 6.07 Å². The number of rotatable bonds is 7. The van der Waals surface area contributed by atoms with Crippen molar-refractivity contribution in [3.63, 3.8) is 0 Å². The van der Waals surface area contributed by atoms with Gasteiger partial charge in [-0.15, -0.1) is 0 Å². The topological polar surface area (TPSA) is 81.4 Å². The lowest BCUT2D eigenvalue weighted by molar-refractivity contribution is -0.123. The summed E-state index contributed by atoms with van der Waals surface area (Å²) in [5.74, 6) is -0.711. The highest BCUT2D eigenvalue weighted by Gasteiger charge is 2.15. The van der Waals surface area contributed by atoms with Crippen LogP contribution in [0, 0.1) is 6.92 Å². The summed E-state index contributed by atoms with van der Waals surface area (Å²) in [5, 5.41) is 3.30. The van der Waals surface area contributed by atoms with E-state index in [9.17, 15) is 9.59 Å². The third kappa shape index (κ3) is 5.22. The minimum absolute atomic E-state index is 0.0995. The molecule has 2 amide bonds. The fourth-order valence-electron chi connectivity index (χ4n) is 2.42. The van der Waals surface area contributed by atoms with Crippen molar-refractivity contribution in [2.75, 3.05) is 6.61 Å². The molecule has 0 fully saturated rings. The maximum atomic E-state index is 12.2. The number of nitrogens with one attached hydrogen (secondary N) is 1. The molecule has 0 aromatic heterocycles. The Morgan fingerprint density at radius 3 is 2.48 bits per heavy atom. The van der Waals surface area contributed by atoms with Crippen molar-refractivity contribution in [1.29, 1.82) is 0 Å². The van der Waals surface area contributed by atoms with E-state index >= 15 is 0 Å². The highest BCUT2D eigenvalue weighted by Crippen LogP contribution is 2.22. The number of carbonyl (C=O) groups excluding carboxylic acids is 2. The van der Waals surface area contributed by atoms with Gasteiger partial charge < -0.3 is 15.8 Å². The number of ether oxygens (including phenoxy) is 1. The van der Waals surface area contributed by atoms with Gasteiger partial charge in [-0.25, -0.2) is 0 Å². The number of hydrogen-bond donors (Lipinski definition) is 2. The van der Waals surface area contributed by atoms with Crippen molar-refractivity contribution in [2.45, 2.75) is 26.3 Å². The van der Waals surface area contributed by atoms with E-state index < -0.39 is 5.91 Å². The van der Waals surface area contributed by atoms with E-state index in [-0.39, 0.29) is 29.9 Å². The molecule has 0 aliphatic carbocycles. The second-order valence-corrected chi connectivity index (χ2v) is 6.17. The lowest BCUT2D eigenvalue weighted by atomic mass is 10.0. The minimum Gasteiger partial charge on any atom is -0.483 e. The van der Waals surface area contributed by atoms with Gasteiger partial charge in [0.2, 0.25) is 0 Å². The van der Waals surface area contributed by atoms with Gasteiger partial charge in [-0.2, -0.15) is 0 Å². The zero-order valence-electron chi connectivity index (χ0n) is 14.2. The number of aryl methyl sites for hydroxylation is 1. The number of nitrogens with two attached hydrogens (primary N) is 1. The zero-order chi connectivity index (χ0) is 18.4. The fraction of sp³-hybridized carbons (Fsp3) is 0.263. The Kier molecular flexibility index (Phi) is 6.42. The predicted molar refractivity (Wildman–Crippen MR) is 97.8 cm³/mol. The Bertz CT molecular complexity index is 760. The van der Waals surface area contributed by atoms with Crippen LogP contribution in [0.5, 0.6) is 5.75 Å². The van der Waals surface area contributed by atoms with E-state index in [1.165, 1.54) is 12.1 Å². The first-order valence-corrected chi connectivity index (χ1v) is 8.36. The molecular weight excluding hydrogens is 340 g/mol. The van der Waals surface area contributed by atoms with E-state index in [2.05, 4.69) is 5.32 Å². The van der Waals surface area contributed by atoms with Gasteiger partial charge >= 0.3 is 0 Å². The molecule has 5 nitrogen and oxygen atoms in total. The molecule has 0 bridgehead atoms. The Morgan fingerprint density at radius 1 is 1.20 bits per heavy atom. The molecule has 2 rings (SSSR count). The molecule has 0 spiro atoms. The highest BCUT2D eigenvalue weighted by atomic mass is 35.5. The van der Waals surface area contributed by atoms with Crippen molar-refractivity contribution in [3.05, 3.63) is 64.2 Å². The van der Waals surface area contributed by atoms with Crippen molar-refractivity contribution in [1.82, 2.24) is 5.32 Å². The first-order valence-electron chi connectivity index (χ1n) is 7.98. The van der Waals surface area contributed by atoms with Crippen LogP contribution < -0.4 is 15.8 Å². The van der Waals surface area contributed by atoms with Crippen LogP contribution in [0.15, 0.2) is 42.5 Å². The summed E-state index contributed by atoms with van der Waals surface area (Å²) in [6, 6.07) is 12.4. The average molecular weight is 361 g/mol. The molecule has 0 radical (unpaired) electrons. The second kappa shape index (κ2) is 8.53. The molecule has 0 aliphatic heterocycles. The van der Waals surface area contributed by atoms with Crippen molar-refractivity contribution < 1.29 is 14.3 Å². The lowest BCUT2D eigenvalue weighted by Gasteiger charge is -2.18. The molecule has 0 unspecified atom stereocenters. The summed E-state index contributed by atoms with van der Waals surface area (Å²) in [6.45, 7) is 3.79. The van der Waals surface area contributed by atoms with E-state index in [0.717, 1.165) is 17.5 Å². The SMILES string of the molecule is CC[C@@H](NC(=O)COc1ccc(Cl)cc1C(N)=O)c1ccc(C)cc1. The quantitative estimate of drug-likeness (QED) is 0.794. The molecule has 3 N–H and O–H groups in total. The van der Waals surface area contributed by atoms with Crippen LogP contribution in [-0.4, -0.2) is 18.4 Å². The summed E-state index contributed by atoms with van der Waals surface area (Å²) < 4.78 is 5.44. The maximum Gasteiger partial charge on any atom is 0.258 e. The third-order valence-electron chi connectivity index (χ3n) is 3.79. The van der Waals surface area contributed by atoms with Crippen molar-refractivity contribution >= 4 is 23.4 Å². The van der Waals surface area contributed by atoms with Gasteiger partial charge in [0.15, 0.2) is 6.61 Å². The van der Waals surface area contributed by atoms with Crippen molar-refractivity contribution in [2.24, 2.45) is 5.73 Å². The van der Waals surface area contributed by atoms with Crippen LogP contribution in [0.25, 0.3) is 0 Å². The summed E-state index contributed by atoms with van der Waals surface area (Å²) in [5.41, 5.74) is 7.64. The maximum absolute atomic E-state index is 12.2. The molecule has 2 aromatic carbocycles. The van der Waals surface area contributed by atoms with Gasteiger partial charge in [-0.05, 0) is 37.1 Å². The summed E-state index contributed by atoms with van der Waals surface area (Å²) in [7, 11) is 0. The van der Waals surface area contributed by atoms with Crippen LogP contribution in [0.3, 0.4) is 0 Å². The van der Waals surface area contributed by atoms with E-state index in [0.29, 0.717) is 5.02 Å². The predicted octanol–water partition coefficient (Wildman–Crippen LogP) is 3.39. The number of primary amides is 1. The molecular formula is C19H21ClN2O3. The third-order valence-corrected chi connectivity index (χ3v) is 4.02. The van der Waals surface area contributed by atoms with Gasteiger partial charge in [0, 0.05) is 5.02 Å². The number of carbonyl (C=O) groups is 2. The fourth-order valence-corrected chi connectivity index (χ4v) is 2.59. The lowest BCUT2D eigenvalue weighted by Crippen LogP contribution is -2.32.